The molecular weight excluding hydrogens is 307 g/mol. The maximum Gasteiger partial charge on any atom is 0.403 e. The van der Waals surface area contributed by atoms with E-state index >= 15 is 0 Å². The first-order valence-electron chi connectivity index (χ1n) is 8.05. The van der Waals surface area contributed by atoms with Crippen molar-refractivity contribution >= 4 is 5.97 Å². The molecule has 0 aliphatic carbocycles. The smallest absolute Gasteiger partial charge is 0.403 e. The van der Waals surface area contributed by atoms with Gasteiger partial charge < -0.3 is 4.74 Å². The lowest BCUT2D eigenvalue weighted by Gasteiger charge is -2.31. The molecule has 0 saturated heterocycles. The van der Waals surface area contributed by atoms with Gasteiger partial charge in [0.05, 0.1) is 0 Å². The van der Waals surface area contributed by atoms with Crippen molar-refractivity contribution in [2.45, 2.75) is 84.2 Å². The number of ether oxygens (including phenoxy) is 1. The summed E-state index contributed by atoms with van der Waals surface area (Å²) in [6.45, 7) is 12.0. The molecule has 0 aliphatic heterocycles. The Kier molecular flexibility index (Phi) is 8.88. The minimum Gasteiger partial charge on any atom is -0.459 e. The molecule has 0 radical (unpaired) electrons. The van der Waals surface area contributed by atoms with Crippen LogP contribution in [0.4, 0.5) is 13.2 Å². The summed E-state index contributed by atoms with van der Waals surface area (Å²) >= 11 is 0. The fraction of sp³-hybridized carbons (Fsp3) is 0.824. The van der Waals surface area contributed by atoms with Gasteiger partial charge in [-0.05, 0) is 46.0 Å². The Hall–Kier alpha value is -1.04. The number of rotatable bonds is 9. The summed E-state index contributed by atoms with van der Waals surface area (Å²) in [5.74, 6) is -0.948. The lowest BCUT2D eigenvalue weighted by molar-refractivity contribution is -0.170. The number of allylic oxidation sites excluding steroid dienone is 1. The van der Waals surface area contributed by atoms with E-state index in [2.05, 4.69) is 11.9 Å². The molecular formula is C17H30F3NO2. The third kappa shape index (κ3) is 9.64. The molecule has 0 aromatic carbocycles. The van der Waals surface area contributed by atoms with Crippen molar-refractivity contribution in [1.82, 2.24) is 5.32 Å². The zero-order valence-electron chi connectivity index (χ0n) is 14.8. The van der Waals surface area contributed by atoms with Gasteiger partial charge >= 0.3 is 12.1 Å². The topological polar surface area (TPSA) is 38.3 Å². The normalized spacial score (nSPS) is 15.3. The first-order chi connectivity index (χ1) is 10.4. The predicted molar refractivity (Wildman–Crippen MR) is 86.1 cm³/mol. The Labute approximate surface area is 137 Å². The number of esters is 1. The van der Waals surface area contributed by atoms with Crippen LogP contribution in [-0.2, 0) is 9.53 Å². The molecule has 0 heterocycles. The Morgan fingerprint density at radius 3 is 2.17 bits per heavy atom. The van der Waals surface area contributed by atoms with Crippen molar-refractivity contribution in [1.29, 1.82) is 0 Å². The van der Waals surface area contributed by atoms with Gasteiger partial charge in [0.1, 0.15) is 17.7 Å². The van der Waals surface area contributed by atoms with Gasteiger partial charge in [-0.2, -0.15) is 13.2 Å². The number of unbranched alkanes of at least 4 members (excludes halogenated alkanes) is 2. The number of alkyl halides is 3. The van der Waals surface area contributed by atoms with E-state index in [9.17, 15) is 18.0 Å². The van der Waals surface area contributed by atoms with Crippen LogP contribution in [0.2, 0.25) is 0 Å². The van der Waals surface area contributed by atoms with Crippen molar-refractivity contribution in [3.05, 3.63) is 12.7 Å². The van der Waals surface area contributed by atoms with E-state index in [4.69, 9.17) is 4.74 Å². The molecule has 6 heteroatoms. The third-order valence-corrected chi connectivity index (χ3v) is 3.25. The minimum atomic E-state index is -4.40. The Bertz CT molecular complexity index is 373. The Morgan fingerprint density at radius 1 is 1.22 bits per heavy atom. The number of carbonyl (C=O) groups is 1. The van der Waals surface area contributed by atoms with Gasteiger partial charge in [-0.25, -0.2) is 0 Å². The fourth-order valence-electron chi connectivity index (χ4n) is 2.09. The van der Waals surface area contributed by atoms with E-state index < -0.39 is 29.8 Å². The van der Waals surface area contributed by atoms with Crippen LogP contribution in [0, 0.1) is 5.92 Å². The van der Waals surface area contributed by atoms with Crippen LogP contribution in [0.5, 0.6) is 0 Å². The molecule has 3 nitrogen and oxygen atoms in total. The van der Waals surface area contributed by atoms with Crippen molar-refractivity contribution < 1.29 is 22.7 Å². The lowest BCUT2D eigenvalue weighted by atomic mass is 10.0. The summed E-state index contributed by atoms with van der Waals surface area (Å²) in [6.07, 6.45) is -1.02. The van der Waals surface area contributed by atoms with E-state index in [0.717, 1.165) is 0 Å². The monoisotopic (exact) mass is 337 g/mol. The average molecular weight is 337 g/mol. The predicted octanol–water partition coefficient (Wildman–Crippen LogP) is 4.62. The van der Waals surface area contributed by atoms with Gasteiger partial charge in [-0.15, -0.1) is 6.58 Å². The number of hydrogen-bond donors (Lipinski definition) is 1. The number of hydrogen-bond acceptors (Lipinski definition) is 3. The van der Waals surface area contributed by atoms with Crippen molar-refractivity contribution in [2.24, 2.45) is 5.92 Å². The highest BCUT2D eigenvalue weighted by molar-refractivity contribution is 5.76. The Morgan fingerprint density at radius 2 is 1.78 bits per heavy atom. The van der Waals surface area contributed by atoms with Gasteiger partial charge in [0, 0.05) is 0 Å². The molecule has 0 bridgehead atoms. The van der Waals surface area contributed by atoms with Gasteiger partial charge in [-0.3, -0.25) is 10.1 Å². The molecule has 0 saturated carbocycles. The molecule has 0 aromatic heterocycles. The molecule has 23 heavy (non-hydrogen) atoms. The van der Waals surface area contributed by atoms with Crippen LogP contribution >= 0.6 is 0 Å². The van der Waals surface area contributed by atoms with Crippen LogP contribution in [0.3, 0.4) is 0 Å². The second-order valence-electron chi connectivity index (χ2n) is 7.09. The standard InChI is InChI=1S/C17H30F3NO2/c1-7-8-9-10-11-13(17(18,19)20)21-14(12(2)3)15(22)23-16(4,5)6/h7,12-14,21H,1,8-11H2,2-6H3/t13?,14-/m0/s1. The summed E-state index contributed by atoms with van der Waals surface area (Å²) in [7, 11) is 0. The van der Waals surface area contributed by atoms with E-state index in [0.29, 0.717) is 19.3 Å². The molecule has 0 spiro atoms. The molecule has 0 fully saturated rings. The van der Waals surface area contributed by atoms with E-state index in [1.165, 1.54) is 0 Å². The maximum atomic E-state index is 13.2. The van der Waals surface area contributed by atoms with Gasteiger partial charge in [-0.1, -0.05) is 26.3 Å². The molecule has 1 unspecified atom stereocenters. The van der Waals surface area contributed by atoms with Gasteiger partial charge in [0.2, 0.25) is 0 Å². The number of carbonyl (C=O) groups excluding carboxylic acids is 1. The molecule has 2 atom stereocenters. The molecule has 0 amide bonds. The number of nitrogens with one attached hydrogen (secondary N) is 1. The zero-order valence-corrected chi connectivity index (χ0v) is 14.8. The fourth-order valence-corrected chi connectivity index (χ4v) is 2.09. The van der Waals surface area contributed by atoms with Crippen LogP contribution in [0.15, 0.2) is 12.7 Å². The largest absolute Gasteiger partial charge is 0.459 e. The van der Waals surface area contributed by atoms with Crippen LogP contribution in [-0.4, -0.2) is 29.8 Å². The van der Waals surface area contributed by atoms with Crippen molar-refractivity contribution in [3.8, 4) is 0 Å². The van der Waals surface area contributed by atoms with Gasteiger partial charge in [0.25, 0.3) is 0 Å². The average Bonchev–Trinajstić information content (AvgIpc) is 2.33. The van der Waals surface area contributed by atoms with E-state index in [1.54, 1.807) is 40.7 Å². The highest BCUT2D eigenvalue weighted by Crippen LogP contribution is 2.26. The summed E-state index contributed by atoms with van der Waals surface area (Å²) in [5.41, 5.74) is -0.733. The van der Waals surface area contributed by atoms with Crippen LogP contribution < -0.4 is 5.32 Å². The highest BCUT2D eigenvalue weighted by atomic mass is 19.4. The van der Waals surface area contributed by atoms with Crippen LogP contribution in [0.25, 0.3) is 0 Å². The summed E-state index contributed by atoms with van der Waals surface area (Å²) in [5, 5.41) is 2.47. The highest BCUT2D eigenvalue weighted by Gasteiger charge is 2.42. The first kappa shape index (κ1) is 22.0. The van der Waals surface area contributed by atoms with E-state index in [1.807, 2.05) is 0 Å². The molecule has 0 rings (SSSR count). The van der Waals surface area contributed by atoms with Crippen molar-refractivity contribution in [3.63, 3.8) is 0 Å². The molecule has 1 N–H and O–H groups in total. The summed E-state index contributed by atoms with van der Waals surface area (Å²) < 4.78 is 44.9. The SMILES string of the molecule is C=CCCCCC(N[C@H](C(=O)OC(C)(C)C)C(C)C)C(F)(F)F. The second-order valence-corrected chi connectivity index (χ2v) is 7.09. The molecule has 0 aliphatic rings. The molecule has 0 aromatic rings. The minimum absolute atomic E-state index is 0.0661. The summed E-state index contributed by atoms with van der Waals surface area (Å²) in [4.78, 5) is 12.2. The van der Waals surface area contributed by atoms with Gasteiger partial charge in [0.15, 0.2) is 0 Å². The van der Waals surface area contributed by atoms with Crippen LogP contribution in [0.1, 0.15) is 60.3 Å². The maximum absolute atomic E-state index is 13.2. The summed E-state index contributed by atoms with van der Waals surface area (Å²) in [6, 6.07) is -2.70. The van der Waals surface area contributed by atoms with E-state index in [-0.39, 0.29) is 12.3 Å². The second kappa shape index (κ2) is 9.30. The quantitative estimate of drug-likeness (QED) is 0.379. The number of halogens is 3. The molecule has 136 valence electrons. The lowest BCUT2D eigenvalue weighted by Crippen LogP contribution is -2.53. The Balaban J connectivity index is 4.93. The third-order valence-electron chi connectivity index (χ3n) is 3.25. The zero-order chi connectivity index (χ0) is 18.3. The van der Waals surface area contributed by atoms with Crippen molar-refractivity contribution in [2.75, 3.05) is 0 Å². The first-order valence-corrected chi connectivity index (χ1v) is 8.05.